The number of hydrogen-bond acceptors (Lipinski definition) is 5. The van der Waals surface area contributed by atoms with Gasteiger partial charge in [-0.05, 0) is 30.2 Å². The second kappa shape index (κ2) is 8.35. The summed E-state index contributed by atoms with van der Waals surface area (Å²) in [6, 6.07) is 19.4. The molecule has 0 amide bonds. The van der Waals surface area contributed by atoms with E-state index in [9.17, 15) is 0 Å². The monoisotopic (exact) mass is 351 g/mol. The molecule has 5 nitrogen and oxygen atoms in total. The van der Waals surface area contributed by atoms with Gasteiger partial charge in [0.05, 0.1) is 6.54 Å². The third kappa shape index (κ3) is 5.36. The zero-order chi connectivity index (χ0) is 17.5. The first-order valence-corrected chi connectivity index (χ1v) is 8.32. The summed E-state index contributed by atoms with van der Waals surface area (Å²) in [4.78, 5) is 8.78. The fourth-order valence-electron chi connectivity index (χ4n) is 2.24. The molecule has 0 unspecified atom stereocenters. The van der Waals surface area contributed by atoms with Gasteiger partial charge in [-0.1, -0.05) is 54.1 Å². The Morgan fingerprint density at radius 3 is 2.48 bits per heavy atom. The molecule has 1 N–H and O–H groups in total. The predicted molar refractivity (Wildman–Crippen MR) is 100 cm³/mol. The first-order valence-electron chi connectivity index (χ1n) is 7.94. The fourth-order valence-corrected chi connectivity index (χ4v) is 2.36. The van der Waals surface area contributed by atoms with Crippen molar-refractivity contribution in [3.8, 4) is 0 Å². The second-order valence-corrected chi connectivity index (χ2v) is 5.99. The van der Waals surface area contributed by atoms with Crippen molar-refractivity contribution in [3.05, 3.63) is 82.5 Å². The van der Waals surface area contributed by atoms with Crippen LogP contribution in [0, 0.1) is 6.92 Å². The second-order valence-electron chi connectivity index (χ2n) is 5.56. The summed E-state index contributed by atoms with van der Waals surface area (Å²) in [6.07, 6.45) is 0. The molecule has 25 heavy (non-hydrogen) atoms. The minimum Gasteiger partial charge on any atom is -0.350 e. The SMILES string of the molecule is Cc1cc(N=NCc2ccc(Cl)cc2)nc(NCc2ccccc2)n1. The number of anilines is 1. The van der Waals surface area contributed by atoms with Crippen LogP contribution in [-0.4, -0.2) is 9.97 Å². The molecule has 6 heteroatoms. The molecule has 3 rings (SSSR count). The summed E-state index contributed by atoms with van der Waals surface area (Å²) in [5, 5.41) is 12.3. The van der Waals surface area contributed by atoms with Crippen molar-refractivity contribution in [1.82, 2.24) is 9.97 Å². The molecule has 0 saturated heterocycles. The van der Waals surface area contributed by atoms with E-state index in [0.29, 0.717) is 29.9 Å². The average Bonchev–Trinajstić information content (AvgIpc) is 2.62. The topological polar surface area (TPSA) is 62.5 Å². The molecule has 0 saturated carbocycles. The molecule has 126 valence electrons. The standard InChI is InChI=1S/C19H18ClN5/c1-14-11-18(25-22-13-16-7-9-17(20)10-8-16)24-19(23-14)21-12-15-5-3-2-4-6-15/h2-11H,12-13H2,1H3,(H,21,23,24). The van der Waals surface area contributed by atoms with Gasteiger partial charge < -0.3 is 5.32 Å². The van der Waals surface area contributed by atoms with E-state index in [0.717, 1.165) is 11.3 Å². The highest BCUT2D eigenvalue weighted by Gasteiger charge is 2.02. The minimum absolute atomic E-state index is 0.479. The molecule has 0 bridgehead atoms. The van der Waals surface area contributed by atoms with Crippen molar-refractivity contribution in [2.24, 2.45) is 10.2 Å². The Kier molecular flexibility index (Phi) is 5.69. The number of halogens is 1. The maximum atomic E-state index is 5.87. The van der Waals surface area contributed by atoms with Crippen molar-refractivity contribution < 1.29 is 0 Å². The lowest BCUT2D eigenvalue weighted by Gasteiger charge is -2.06. The Morgan fingerprint density at radius 2 is 1.72 bits per heavy atom. The van der Waals surface area contributed by atoms with Crippen LogP contribution in [0.5, 0.6) is 0 Å². The molecule has 1 heterocycles. The molecular weight excluding hydrogens is 334 g/mol. The van der Waals surface area contributed by atoms with Gasteiger partial charge in [0.15, 0.2) is 5.82 Å². The van der Waals surface area contributed by atoms with Crippen molar-refractivity contribution >= 4 is 23.4 Å². The van der Waals surface area contributed by atoms with E-state index < -0.39 is 0 Å². The number of aryl methyl sites for hydroxylation is 1. The van der Waals surface area contributed by atoms with E-state index in [2.05, 4.69) is 37.6 Å². The molecule has 0 aliphatic carbocycles. The van der Waals surface area contributed by atoms with E-state index in [1.54, 1.807) is 6.07 Å². The Bertz CT molecular complexity index is 847. The zero-order valence-corrected chi connectivity index (χ0v) is 14.6. The number of nitrogens with one attached hydrogen (secondary N) is 1. The highest BCUT2D eigenvalue weighted by molar-refractivity contribution is 6.30. The van der Waals surface area contributed by atoms with Gasteiger partial charge in [0.1, 0.15) is 0 Å². The molecule has 0 aliphatic rings. The molecule has 0 atom stereocenters. The molecule has 0 radical (unpaired) electrons. The van der Waals surface area contributed by atoms with Crippen LogP contribution in [0.1, 0.15) is 16.8 Å². The van der Waals surface area contributed by atoms with Gasteiger partial charge in [-0.15, -0.1) is 5.11 Å². The van der Waals surface area contributed by atoms with Crippen LogP contribution in [0.4, 0.5) is 11.8 Å². The summed E-state index contributed by atoms with van der Waals surface area (Å²) < 4.78 is 0. The summed E-state index contributed by atoms with van der Waals surface area (Å²) in [7, 11) is 0. The molecule has 0 aliphatic heterocycles. The lowest BCUT2D eigenvalue weighted by atomic mass is 10.2. The quantitative estimate of drug-likeness (QED) is 0.610. The maximum Gasteiger partial charge on any atom is 0.225 e. The van der Waals surface area contributed by atoms with E-state index >= 15 is 0 Å². The Labute approximate surface area is 151 Å². The van der Waals surface area contributed by atoms with Gasteiger partial charge in [-0.2, -0.15) is 10.1 Å². The van der Waals surface area contributed by atoms with Crippen molar-refractivity contribution in [1.29, 1.82) is 0 Å². The number of azo groups is 1. The Hall–Kier alpha value is -2.79. The van der Waals surface area contributed by atoms with Crippen LogP contribution in [0.3, 0.4) is 0 Å². The first-order chi connectivity index (χ1) is 12.2. The largest absolute Gasteiger partial charge is 0.350 e. The van der Waals surface area contributed by atoms with Gasteiger partial charge in [-0.3, -0.25) is 0 Å². The van der Waals surface area contributed by atoms with Gasteiger partial charge in [0.2, 0.25) is 5.95 Å². The van der Waals surface area contributed by atoms with Crippen molar-refractivity contribution in [3.63, 3.8) is 0 Å². The lowest BCUT2D eigenvalue weighted by molar-refractivity contribution is 0.934. The van der Waals surface area contributed by atoms with Crippen molar-refractivity contribution in [2.75, 3.05) is 5.32 Å². The highest BCUT2D eigenvalue weighted by Crippen LogP contribution is 2.15. The summed E-state index contributed by atoms with van der Waals surface area (Å²) in [5.41, 5.74) is 3.05. The van der Waals surface area contributed by atoms with Gasteiger partial charge in [-0.25, -0.2) is 4.98 Å². The summed E-state index contributed by atoms with van der Waals surface area (Å²) in [6.45, 7) is 3.05. The van der Waals surface area contributed by atoms with Crippen LogP contribution in [0.2, 0.25) is 5.02 Å². The zero-order valence-electron chi connectivity index (χ0n) is 13.9. The predicted octanol–water partition coefficient (Wildman–Crippen LogP) is 5.33. The third-order valence-electron chi connectivity index (χ3n) is 3.47. The summed E-state index contributed by atoms with van der Waals surface area (Å²) in [5.74, 6) is 1.08. The smallest absolute Gasteiger partial charge is 0.225 e. The molecule has 1 aromatic heterocycles. The summed E-state index contributed by atoms with van der Waals surface area (Å²) >= 11 is 5.87. The number of rotatable bonds is 6. The van der Waals surface area contributed by atoms with E-state index in [-0.39, 0.29) is 0 Å². The normalized spacial score (nSPS) is 11.0. The van der Waals surface area contributed by atoms with Gasteiger partial charge >= 0.3 is 0 Å². The molecule has 3 aromatic rings. The maximum absolute atomic E-state index is 5.87. The van der Waals surface area contributed by atoms with Gasteiger partial charge in [0.25, 0.3) is 0 Å². The van der Waals surface area contributed by atoms with E-state index in [1.807, 2.05) is 49.4 Å². The molecule has 2 aromatic carbocycles. The molecular formula is C19H18ClN5. The van der Waals surface area contributed by atoms with Crippen LogP contribution in [-0.2, 0) is 13.1 Å². The number of hydrogen-bond donors (Lipinski definition) is 1. The number of nitrogens with zero attached hydrogens (tertiary/aromatic N) is 4. The third-order valence-corrected chi connectivity index (χ3v) is 3.73. The van der Waals surface area contributed by atoms with Crippen LogP contribution >= 0.6 is 11.6 Å². The van der Waals surface area contributed by atoms with E-state index in [1.165, 1.54) is 5.56 Å². The fraction of sp³-hybridized carbons (Fsp3) is 0.158. The average molecular weight is 352 g/mol. The van der Waals surface area contributed by atoms with Crippen LogP contribution in [0.25, 0.3) is 0 Å². The van der Waals surface area contributed by atoms with Crippen LogP contribution in [0.15, 0.2) is 70.9 Å². The van der Waals surface area contributed by atoms with E-state index in [4.69, 9.17) is 11.6 Å². The van der Waals surface area contributed by atoms with Crippen molar-refractivity contribution in [2.45, 2.75) is 20.0 Å². The number of benzene rings is 2. The Balaban J connectivity index is 1.64. The molecule has 0 fully saturated rings. The Morgan fingerprint density at radius 1 is 0.960 bits per heavy atom. The molecule has 0 spiro atoms. The highest BCUT2D eigenvalue weighted by atomic mass is 35.5. The minimum atomic E-state index is 0.479. The first kappa shape index (κ1) is 17.0. The van der Waals surface area contributed by atoms with Gasteiger partial charge in [0, 0.05) is 23.3 Å². The number of aromatic nitrogens is 2. The van der Waals surface area contributed by atoms with Crippen LogP contribution < -0.4 is 5.32 Å². The lowest BCUT2D eigenvalue weighted by Crippen LogP contribution is -2.04.